The van der Waals surface area contributed by atoms with Crippen molar-refractivity contribution in [1.82, 2.24) is 4.90 Å². The third kappa shape index (κ3) is 3.41. The molecule has 98 valence electrons. The van der Waals surface area contributed by atoms with E-state index in [4.69, 9.17) is 10.8 Å². The van der Waals surface area contributed by atoms with Crippen molar-refractivity contribution in [2.24, 2.45) is 5.73 Å². The van der Waals surface area contributed by atoms with E-state index in [1.165, 1.54) is 4.90 Å². The second-order valence-electron chi connectivity index (χ2n) is 4.48. The fourth-order valence-electron chi connectivity index (χ4n) is 2.05. The zero-order valence-electron chi connectivity index (χ0n) is 10.0. The Bertz CT molecular complexity index is 295. The predicted molar refractivity (Wildman–Crippen MR) is 61.3 cm³/mol. The number of hydrogen-bond donors (Lipinski definition) is 3. The summed E-state index contributed by atoms with van der Waals surface area (Å²) in [7, 11) is 0. The zero-order valence-corrected chi connectivity index (χ0v) is 10.0. The van der Waals surface area contributed by atoms with Crippen molar-refractivity contribution in [2.75, 3.05) is 6.54 Å². The lowest BCUT2D eigenvalue weighted by Gasteiger charge is -2.24. The number of β-amino-alcohol motifs (C(OH)–C–C–N with tert-alkyl or cyclic N) is 1. The van der Waals surface area contributed by atoms with E-state index in [2.05, 4.69) is 0 Å². The Hall–Kier alpha value is -1.14. The highest BCUT2D eigenvalue weighted by atomic mass is 16.4. The lowest BCUT2D eigenvalue weighted by molar-refractivity contribution is -0.148. The Morgan fingerprint density at radius 2 is 2.18 bits per heavy atom. The van der Waals surface area contributed by atoms with Gasteiger partial charge in [0.05, 0.1) is 12.1 Å². The standard InChI is InChI=1S/C11H20N2O4/c1-2-3-4-8(12)10(15)13-6-7(14)5-9(13)11(16)17/h7-9,14H,2-6,12H2,1H3,(H,16,17)/t7-,8?,9+/m1/s1. The van der Waals surface area contributed by atoms with Crippen molar-refractivity contribution in [3.63, 3.8) is 0 Å². The molecule has 6 nitrogen and oxygen atoms in total. The molecule has 0 bridgehead atoms. The molecule has 17 heavy (non-hydrogen) atoms. The summed E-state index contributed by atoms with van der Waals surface area (Å²) in [6.45, 7) is 2.06. The number of carbonyl (C=O) groups excluding carboxylic acids is 1. The molecule has 0 saturated carbocycles. The maximum absolute atomic E-state index is 11.9. The predicted octanol–water partition coefficient (Wildman–Crippen LogP) is -0.450. The lowest BCUT2D eigenvalue weighted by Crippen LogP contribution is -2.48. The Labute approximate surface area is 100 Å². The van der Waals surface area contributed by atoms with Crippen molar-refractivity contribution in [2.45, 2.75) is 50.8 Å². The highest BCUT2D eigenvalue weighted by Gasteiger charge is 2.40. The topological polar surface area (TPSA) is 104 Å². The summed E-state index contributed by atoms with van der Waals surface area (Å²) in [5.74, 6) is -1.46. The number of unbranched alkanes of at least 4 members (excludes halogenated alkanes) is 1. The molecule has 0 aromatic carbocycles. The van der Waals surface area contributed by atoms with Gasteiger partial charge in [0.2, 0.25) is 5.91 Å². The summed E-state index contributed by atoms with van der Waals surface area (Å²) < 4.78 is 0. The van der Waals surface area contributed by atoms with Gasteiger partial charge in [-0.05, 0) is 6.42 Å². The van der Waals surface area contributed by atoms with Crippen LogP contribution in [0.4, 0.5) is 0 Å². The molecule has 1 fully saturated rings. The molecule has 1 amide bonds. The molecule has 0 aromatic heterocycles. The molecule has 1 aliphatic heterocycles. The van der Waals surface area contributed by atoms with E-state index in [1.807, 2.05) is 6.92 Å². The number of carboxylic acid groups (broad SMARTS) is 1. The Morgan fingerprint density at radius 3 is 2.71 bits per heavy atom. The molecule has 1 heterocycles. The maximum atomic E-state index is 11.9. The molecule has 1 saturated heterocycles. The van der Waals surface area contributed by atoms with E-state index in [0.29, 0.717) is 6.42 Å². The van der Waals surface area contributed by atoms with E-state index < -0.39 is 24.2 Å². The van der Waals surface area contributed by atoms with Gasteiger partial charge >= 0.3 is 5.97 Å². The number of aliphatic hydroxyl groups is 1. The molecule has 1 aliphatic rings. The largest absolute Gasteiger partial charge is 0.480 e. The van der Waals surface area contributed by atoms with Crippen molar-refractivity contribution in [3.8, 4) is 0 Å². The number of amides is 1. The highest BCUT2D eigenvalue weighted by molar-refractivity contribution is 5.87. The molecular formula is C11H20N2O4. The van der Waals surface area contributed by atoms with E-state index in [9.17, 15) is 14.7 Å². The molecule has 6 heteroatoms. The second kappa shape index (κ2) is 5.97. The molecule has 1 rings (SSSR count). The first kappa shape index (κ1) is 13.9. The van der Waals surface area contributed by atoms with Gasteiger partial charge in [0.1, 0.15) is 6.04 Å². The number of aliphatic hydroxyl groups excluding tert-OH is 1. The summed E-state index contributed by atoms with van der Waals surface area (Å²) in [5.41, 5.74) is 5.73. The number of nitrogens with two attached hydrogens (primary N) is 1. The van der Waals surface area contributed by atoms with Crippen LogP contribution in [0.2, 0.25) is 0 Å². The molecule has 0 aliphatic carbocycles. The molecule has 0 radical (unpaired) electrons. The number of nitrogens with zero attached hydrogens (tertiary/aromatic N) is 1. The van der Waals surface area contributed by atoms with Crippen molar-refractivity contribution in [3.05, 3.63) is 0 Å². The van der Waals surface area contributed by atoms with Gasteiger partial charge in [0.15, 0.2) is 0 Å². The molecule has 0 spiro atoms. The van der Waals surface area contributed by atoms with Crippen molar-refractivity contribution < 1.29 is 19.8 Å². The number of hydrogen-bond acceptors (Lipinski definition) is 4. The second-order valence-corrected chi connectivity index (χ2v) is 4.48. The van der Waals surface area contributed by atoms with Gasteiger partial charge in [-0.1, -0.05) is 19.8 Å². The van der Waals surface area contributed by atoms with Gasteiger partial charge in [-0.3, -0.25) is 4.79 Å². The summed E-state index contributed by atoms with van der Waals surface area (Å²) in [5, 5.41) is 18.4. The van der Waals surface area contributed by atoms with Gasteiger partial charge < -0.3 is 20.8 Å². The monoisotopic (exact) mass is 244 g/mol. The minimum absolute atomic E-state index is 0.0651. The first-order valence-corrected chi connectivity index (χ1v) is 5.94. The van der Waals surface area contributed by atoms with Crippen LogP contribution in [0.1, 0.15) is 32.6 Å². The quantitative estimate of drug-likeness (QED) is 0.607. The Morgan fingerprint density at radius 1 is 1.53 bits per heavy atom. The van der Waals surface area contributed by atoms with E-state index in [-0.39, 0.29) is 18.9 Å². The Kier molecular flexibility index (Phi) is 4.89. The van der Waals surface area contributed by atoms with E-state index >= 15 is 0 Å². The van der Waals surface area contributed by atoms with E-state index in [1.54, 1.807) is 0 Å². The summed E-state index contributed by atoms with van der Waals surface area (Å²) >= 11 is 0. The zero-order chi connectivity index (χ0) is 13.0. The number of carboxylic acids is 1. The van der Waals surface area contributed by atoms with Crippen LogP contribution in [0.5, 0.6) is 0 Å². The summed E-state index contributed by atoms with van der Waals surface area (Å²) in [4.78, 5) is 24.1. The van der Waals surface area contributed by atoms with Crippen LogP contribution in [0.15, 0.2) is 0 Å². The molecule has 4 N–H and O–H groups in total. The summed E-state index contributed by atoms with van der Waals surface area (Å²) in [6, 6.07) is -1.60. The first-order valence-electron chi connectivity index (χ1n) is 5.94. The number of aliphatic carboxylic acids is 1. The number of likely N-dealkylation sites (tertiary alicyclic amines) is 1. The fourth-order valence-corrected chi connectivity index (χ4v) is 2.05. The first-order chi connectivity index (χ1) is 7.97. The fraction of sp³-hybridized carbons (Fsp3) is 0.818. The maximum Gasteiger partial charge on any atom is 0.326 e. The number of carbonyl (C=O) groups is 2. The average Bonchev–Trinajstić information content (AvgIpc) is 2.67. The molecular weight excluding hydrogens is 224 g/mol. The van der Waals surface area contributed by atoms with Gasteiger partial charge in [-0.2, -0.15) is 0 Å². The molecule has 3 atom stereocenters. The lowest BCUT2D eigenvalue weighted by atomic mass is 10.1. The van der Waals surface area contributed by atoms with Crippen LogP contribution in [-0.2, 0) is 9.59 Å². The van der Waals surface area contributed by atoms with Gasteiger partial charge in [-0.15, -0.1) is 0 Å². The van der Waals surface area contributed by atoms with Crippen LogP contribution >= 0.6 is 0 Å². The minimum atomic E-state index is -1.09. The highest BCUT2D eigenvalue weighted by Crippen LogP contribution is 2.19. The SMILES string of the molecule is CCCCC(N)C(=O)N1C[C@H](O)C[C@H]1C(=O)O. The third-order valence-corrected chi connectivity index (χ3v) is 3.03. The smallest absolute Gasteiger partial charge is 0.326 e. The van der Waals surface area contributed by atoms with Crippen LogP contribution in [-0.4, -0.2) is 51.7 Å². The van der Waals surface area contributed by atoms with Crippen LogP contribution in [0, 0.1) is 0 Å². The Balaban J connectivity index is 2.63. The van der Waals surface area contributed by atoms with Crippen LogP contribution < -0.4 is 5.73 Å². The van der Waals surface area contributed by atoms with Crippen molar-refractivity contribution >= 4 is 11.9 Å². The van der Waals surface area contributed by atoms with Gasteiger partial charge in [-0.25, -0.2) is 4.79 Å². The normalized spacial score (nSPS) is 25.9. The van der Waals surface area contributed by atoms with Crippen molar-refractivity contribution in [1.29, 1.82) is 0 Å². The average molecular weight is 244 g/mol. The minimum Gasteiger partial charge on any atom is -0.480 e. The summed E-state index contributed by atoms with van der Waals surface area (Å²) in [6.07, 6.45) is 1.64. The molecule has 1 unspecified atom stereocenters. The van der Waals surface area contributed by atoms with Crippen LogP contribution in [0.25, 0.3) is 0 Å². The number of rotatable bonds is 5. The van der Waals surface area contributed by atoms with Crippen LogP contribution in [0.3, 0.4) is 0 Å². The molecule has 0 aromatic rings. The van der Waals surface area contributed by atoms with Gasteiger partial charge in [0, 0.05) is 13.0 Å². The third-order valence-electron chi connectivity index (χ3n) is 3.03. The van der Waals surface area contributed by atoms with Gasteiger partial charge in [0.25, 0.3) is 0 Å². The van der Waals surface area contributed by atoms with E-state index in [0.717, 1.165) is 12.8 Å².